The molecular weight excluding hydrogens is 504 g/mol. The third kappa shape index (κ3) is 7.39. The highest BCUT2D eigenvalue weighted by Crippen LogP contribution is 2.19. The van der Waals surface area contributed by atoms with Crippen molar-refractivity contribution >= 4 is 34.4 Å². The number of ether oxygens (including phenoxy) is 1. The lowest BCUT2D eigenvalue weighted by molar-refractivity contribution is 0.0494. The summed E-state index contributed by atoms with van der Waals surface area (Å²) in [5, 5.41) is 14.1. The molecule has 200 valence electrons. The van der Waals surface area contributed by atoms with Crippen molar-refractivity contribution in [2.75, 3.05) is 13.1 Å². The molecule has 0 spiro atoms. The van der Waals surface area contributed by atoms with Gasteiger partial charge in [0.1, 0.15) is 12.1 Å². The molecule has 0 saturated carbocycles. The Labute approximate surface area is 225 Å². The van der Waals surface area contributed by atoms with E-state index in [9.17, 15) is 14.7 Å². The van der Waals surface area contributed by atoms with Crippen LogP contribution in [0.2, 0.25) is 0 Å². The van der Waals surface area contributed by atoms with Gasteiger partial charge in [0, 0.05) is 31.8 Å². The van der Waals surface area contributed by atoms with E-state index in [1.165, 1.54) is 11.3 Å². The van der Waals surface area contributed by atoms with Gasteiger partial charge < -0.3 is 24.5 Å². The number of aliphatic hydroxyl groups excluding tert-OH is 1. The second-order valence-corrected chi connectivity index (χ2v) is 10.5. The molecule has 2 aromatic heterocycles. The van der Waals surface area contributed by atoms with Crippen LogP contribution in [0.4, 0.5) is 4.79 Å². The van der Waals surface area contributed by atoms with Crippen LogP contribution in [0.15, 0.2) is 64.7 Å². The Bertz CT molecular complexity index is 1340. The second kappa shape index (κ2) is 12.7. The summed E-state index contributed by atoms with van der Waals surface area (Å²) in [4.78, 5) is 36.9. The standard InChI is InChI=1S/C28H32N4O5S/c1-18(2)14-32(27(34)21-9-10-23-26(12-21)37-19(3)30-23)15-25(33)24(11-20-7-5-4-6-8-20)31-28(35)36-16-22-13-29-17-38-22/h4-10,12-13,17-18,24-25,33H,11,14-16H2,1-3H3,(H,31,35)/t24-,25+/m0/s1. The quantitative estimate of drug-likeness (QED) is 0.288. The number of benzene rings is 2. The van der Waals surface area contributed by atoms with Crippen LogP contribution in [0.3, 0.4) is 0 Å². The molecule has 9 nitrogen and oxygen atoms in total. The molecule has 0 fully saturated rings. The van der Waals surface area contributed by atoms with Gasteiger partial charge in [-0.25, -0.2) is 9.78 Å². The minimum absolute atomic E-state index is 0.0249. The molecule has 0 saturated heterocycles. The lowest BCUT2D eigenvalue weighted by Crippen LogP contribution is -2.51. The lowest BCUT2D eigenvalue weighted by atomic mass is 10.00. The maximum absolute atomic E-state index is 13.5. The van der Waals surface area contributed by atoms with E-state index >= 15 is 0 Å². The number of fused-ring (bicyclic) bond motifs is 1. The fourth-order valence-electron chi connectivity index (χ4n) is 4.18. The smallest absolute Gasteiger partial charge is 0.407 e. The number of carbonyl (C=O) groups excluding carboxylic acids is 2. The number of aryl methyl sites for hydroxylation is 1. The van der Waals surface area contributed by atoms with Crippen LogP contribution in [-0.4, -0.2) is 57.2 Å². The SMILES string of the molecule is Cc1nc2ccc(C(=O)N(CC(C)C)C[C@@H](O)[C@H](Cc3ccccc3)NC(=O)OCc3cncs3)cc2o1. The van der Waals surface area contributed by atoms with Crippen LogP contribution in [0.1, 0.15) is 40.5 Å². The summed E-state index contributed by atoms with van der Waals surface area (Å²) in [6.45, 7) is 6.31. The van der Waals surface area contributed by atoms with Crippen LogP contribution in [0, 0.1) is 12.8 Å². The summed E-state index contributed by atoms with van der Waals surface area (Å²) in [6, 6.07) is 14.0. The Hall–Kier alpha value is -3.76. The molecule has 2 heterocycles. The topological polar surface area (TPSA) is 118 Å². The molecule has 0 bridgehead atoms. The van der Waals surface area contributed by atoms with Crippen LogP contribution >= 0.6 is 11.3 Å². The number of carbonyl (C=O) groups is 2. The van der Waals surface area contributed by atoms with Gasteiger partial charge in [-0.05, 0) is 36.1 Å². The Morgan fingerprint density at radius 3 is 2.66 bits per heavy atom. The van der Waals surface area contributed by atoms with Crippen LogP contribution < -0.4 is 5.32 Å². The molecule has 0 aliphatic carbocycles. The van der Waals surface area contributed by atoms with Gasteiger partial charge in [0.15, 0.2) is 11.5 Å². The molecule has 0 unspecified atom stereocenters. The summed E-state index contributed by atoms with van der Waals surface area (Å²) in [6.07, 6.45) is 0.308. The van der Waals surface area contributed by atoms with Gasteiger partial charge in [-0.2, -0.15) is 0 Å². The molecule has 4 aromatic rings. The van der Waals surface area contributed by atoms with E-state index in [-0.39, 0.29) is 25.0 Å². The largest absolute Gasteiger partial charge is 0.444 e. The summed E-state index contributed by atoms with van der Waals surface area (Å²) in [5.74, 6) is 0.448. The monoisotopic (exact) mass is 536 g/mol. The van der Waals surface area contributed by atoms with E-state index in [0.717, 1.165) is 10.4 Å². The molecule has 2 atom stereocenters. The van der Waals surface area contributed by atoms with Gasteiger partial charge in [-0.15, -0.1) is 11.3 Å². The highest BCUT2D eigenvalue weighted by atomic mass is 32.1. The number of rotatable bonds is 11. The lowest BCUT2D eigenvalue weighted by Gasteiger charge is -2.31. The zero-order valence-electron chi connectivity index (χ0n) is 21.7. The van der Waals surface area contributed by atoms with Crippen LogP contribution in [0.5, 0.6) is 0 Å². The summed E-state index contributed by atoms with van der Waals surface area (Å²) >= 11 is 1.39. The van der Waals surface area contributed by atoms with Crippen molar-refractivity contribution in [1.29, 1.82) is 0 Å². The third-order valence-electron chi connectivity index (χ3n) is 5.92. The van der Waals surface area contributed by atoms with Gasteiger partial charge in [-0.1, -0.05) is 44.2 Å². The maximum Gasteiger partial charge on any atom is 0.407 e. The first-order valence-corrected chi connectivity index (χ1v) is 13.4. The van der Waals surface area contributed by atoms with Crippen molar-refractivity contribution in [2.24, 2.45) is 5.92 Å². The predicted octanol–water partition coefficient (Wildman–Crippen LogP) is 4.59. The Morgan fingerprint density at radius 1 is 1.16 bits per heavy atom. The number of aromatic nitrogens is 2. The first-order valence-electron chi connectivity index (χ1n) is 12.5. The highest BCUT2D eigenvalue weighted by molar-refractivity contribution is 7.09. The molecule has 10 heteroatoms. The zero-order chi connectivity index (χ0) is 27.1. The van der Waals surface area contributed by atoms with Crippen LogP contribution in [0.25, 0.3) is 11.1 Å². The maximum atomic E-state index is 13.5. The van der Waals surface area contributed by atoms with Crippen molar-refractivity contribution in [3.63, 3.8) is 0 Å². The van der Waals surface area contributed by atoms with E-state index in [2.05, 4.69) is 15.3 Å². The fraction of sp³-hybridized carbons (Fsp3) is 0.357. The van der Waals surface area contributed by atoms with Gasteiger partial charge in [-0.3, -0.25) is 9.78 Å². The van der Waals surface area contributed by atoms with Crippen molar-refractivity contribution in [3.05, 3.63) is 82.1 Å². The second-order valence-electron chi connectivity index (χ2n) is 9.57. The molecule has 38 heavy (non-hydrogen) atoms. The highest BCUT2D eigenvalue weighted by Gasteiger charge is 2.28. The van der Waals surface area contributed by atoms with E-state index in [0.29, 0.717) is 35.5 Å². The number of hydrogen-bond acceptors (Lipinski definition) is 8. The molecule has 2 amide bonds. The number of thiazole rings is 1. The van der Waals surface area contributed by atoms with Gasteiger partial charge in [0.2, 0.25) is 0 Å². The number of amides is 2. The minimum atomic E-state index is -1.05. The molecule has 2 aromatic carbocycles. The first-order chi connectivity index (χ1) is 18.3. The number of hydrogen-bond donors (Lipinski definition) is 2. The van der Waals surface area contributed by atoms with Gasteiger partial charge in [0.25, 0.3) is 5.91 Å². The Morgan fingerprint density at radius 2 is 1.95 bits per heavy atom. The molecular formula is C28H32N4O5S. The van der Waals surface area contributed by atoms with Crippen molar-refractivity contribution in [1.82, 2.24) is 20.2 Å². The Balaban J connectivity index is 1.50. The third-order valence-corrected chi connectivity index (χ3v) is 6.67. The van der Waals surface area contributed by atoms with Gasteiger partial charge in [0.05, 0.1) is 22.5 Å². The van der Waals surface area contributed by atoms with E-state index in [1.807, 2.05) is 44.2 Å². The molecule has 2 N–H and O–H groups in total. The van der Waals surface area contributed by atoms with E-state index in [1.54, 1.807) is 41.7 Å². The normalized spacial score (nSPS) is 12.9. The Kier molecular flexibility index (Phi) is 9.09. The molecule has 0 aliphatic rings. The molecule has 4 rings (SSSR count). The van der Waals surface area contributed by atoms with Crippen molar-refractivity contribution < 1.29 is 23.8 Å². The zero-order valence-corrected chi connectivity index (χ0v) is 22.5. The predicted molar refractivity (Wildman–Crippen MR) is 145 cm³/mol. The molecule has 0 radical (unpaired) electrons. The van der Waals surface area contributed by atoms with Gasteiger partial charge >= 0.3 is 6.09 Å². The van der Waals surface area contributed by atoms with Crippen LogP contribution in [-0.2, 0) is 17.8 Å². The van der Waals surface area contributed by atoms with Crippen molar-refractivity contribution in [2.45, 2.75) is 45.9 Å². The van der Waals surface area contributed by atoms with E-state index in [4.69, 9.17) is 9.15 Å². The average molecular weight is 537 g/mol. The molecule has 0 aliphatic heterocycles. The number of aliphatic hydroxyl groups is 1. The van der Waals surface area contributed by atoms with Crippen molar-refractivity contribution in [3.8, 4) is 0 Å². The number of nitrogens with one attached hydrogen (secondary N) is 1. The summed E-state index contributed by atoms with van der Waals surface area (Å²) in [7, 11) is 0. The summed E-state index contributed by atoms with van der Waals surface area (Å²) in [5.41, 5.74) is 4.26. The number of oxazole rings is 1. The average Bonchev–Trinajstić information content (AvgIpc) is 3.54. The number of alkyl carbamates (subject to hydrolysis) is 1. The minimum Gasteiger partial charge on any atom is -0.444 e. The number of nitrogens with zero attached hydrogens (tertiary/aromatic N) is 3. The fourth-order valence-corrected chi connectivity index (χ4v) is 4.69. The summed E-state index contributed by atoms with van der Waals surface area (Å²) < 4.78 is 10.9. The first kappa shape index (κ1) is 27.3. The van der Waals surface area contributed by atoms with E-state index < -0.39 is 18.2 Å².